The molecule has 0 aliphatic rings. The van der Waals surface area contributed by atoms with E-state index in [-0.39, 0.29) is 10.5 Å². The van der Waals surface area contributed by atoms with Crippen molar-refractivity contribution in [3.05, 3.63) is 72.3 Å². The molecule has 1 amide bonds. The monoisotopic (exact) mass is 397 g/mol. The molecule has 144 valence electrons. The first-order valence-electron chi connectivity index (χ1n) is 8.55. The Morgan fingerprint density at radius 3 is 2.29 bits per heavy atom. The number of amides is 1. The molecule has 7 heteroatoms. The molecule has 0 aliphatic heterocycles. The van der Waals surface area contributed by atoms with Crippen LogP contribution in [-0.2, 0) is 19.4 Å². The molecular weight excluding hydrogens is 378 g/mol. The number of sulfone groups is 1. The van der Waals surface area contributed by atoms with E-state index in [2.05, 4.69) is 5.32 Å². The van der Waals surface area contributed by atoms with Crippen LogP contribution in [-0.4, -0.2) is 32.7 Å². The van der Waals surface area contributed by atoms with Crippen molar-refractivity contribution in [2.45, 2.75) is 17.9 Å². The second kappa shape index (κ2) is 7.82. The lowest BCUT2D eigenvalue weighted by molar-refractivity contribution is -0.123. The number of hydrogen-bond acceptors (Lipinski definition) is 5. The maximum atomic E-state index is 12.4. The Morgan fingerprint density at radius 2 is 1.57 bits per heavy atom. The number of anilines is 1. The molecule has 0 spiro atoms. The summed E-state index contributed by atoms with van der Waals surface area (Å²) in [5.74, 6) is -1.39. The molecule has 3 rings (SSSR count). The van der Waals surface area contributed by atoms with Crippen molar-refractivity contribution in [2.75, 3.05) is 11.6 Å². The van der Waals surface area contributed by atoms with Gasteiger partial charge in [0.1, 0.15) is 0 Å². The van der Waals surface area contributed by atoms with E-state index >= 15 is 0 Å². The number of benzene rings is 3. The van der Waals surface area contributed by atoms with Crippen LogP contribution in [0.2, 0.25) is 0 Å². The van der Waals surface area contributed by atoms with Crippen molar-refractivity contribution in [2.24, 2.45) is 0 Å². The molecule has 0 fully saturated rings. The first kappa shape index (κ1) is 19.6. The molecule has 0 unspecified atom stereocenters. The lowest BCUT2D eigenvalue weighted by Gasteiger charge is -2.15. The largest absolute Gasteiger partial charge is 0.449 e. The molecule has 0 radical (unpaired) electrons. The normalized spacial score (nSPS) is 12.4. The van der Waals surface area contributed by atoms with Crippen LogP contribution in [0.25, 0.3) is 10.8 Å². The van der Waals surface area contributed by atoms with E-state index < -0.39 is 27.8 Å². The van der Waals surface area contributed by atoms with E-state index in [0.717, 1.165) is 17.0 Å². The Labute approximate surface area is 163 Å². The topological polar surface area (TPSA) is 89.5 Å². The SMILES string of the molecule is C[C@H](OC(=O)c1ccccc1S(C)(=O)=O)C(=O)Nc1ccc2ccccc2c1. The van der Waals surface area contributed by atoms with Gasteiger partial charge in [0.15, 0.2) is 15.9 Å². The molecule has 3 aromatic carbocycles. The minimum absolute atomic E-state index is 0.102. The molecule has 28 heavy (non-hydrogen) atoms. The quantitative estimate of drug-likeness (QED) is 0.666. The predicted molar refractivity (Wildman–Crippen MR) is 107 cm³/mol. The smallest absolute Gasteiger partial charge is 0.340 e. The zero-order valence-electron chi connectivity index (χ0n) is 15.4. The van der Waals surface area contributed by atoms with Crippen molar-refractivity contribution in [1.29, 1.82) is 0 Å². The number of ether oxygens (including phenoxy) is 1. The van der Waals surface area contributed by atoms with Gasteiger partial charge in [0, 0.05) is 11.9 Å². The molecule has 3 aromatic rings. The first-order chi connectivity index (χ1) is 13.3. The Morgan fingerprint density at radius 1 is 0.929 bits per heavy atom. The zero-order chi connectivity index (χ0) is 20.3. The lowest BCUT2D eigenvalue weighted by atomic mass is 10.1. The Kier molecular flexibility index (Phi) is 5.46. The summed E-state index contributed by atoms with van der Waals surface area (Å²) < 4.78 is 28.9. The molecule has 1 N–H and O–H groups in total. The summed E-state index contributed by atoms with van der Waals surface area (Å²) in [6.07, 6.45) is -0.0961. The van der Waals surface area contributed by atoms with Crippen LogP contribution >= 0.6 is 0 Å². The van der Waals surface area contributed by atoms with Gasteiger partial charge >= 0.3 is 5.97 Å². The summed E-state index contributed by atoms with van der Waals surface area (Å²) in [6, 6.07) is 18.9. The van der Waals surface area contributed by atoms with Crippen molar-refractivity contribution >= 4 is 38.2 Å². The maximum absolute atomic E-state index is 12.4. The van der Waals surface area contributed by atoms with Crippen molar-refractivity contribution in [1.82, 2.24) is 0 Å². The van der Waals surface area contributed by atoms with Crippen LogP contribution in [0.15, 0.2) is 71.6 Å². The molecule has 0 saturated carbocycles. The predicted octanol–water partition coefficient (Wildman–Crippen LogP) is 3.43. The second-order valence-corrected chi connectivity index (χ2v) is 8.35. The Hall–Kier alpha value is -3.19. The first-order valence-corrected chi connectivity index (χ1v) is 10.4. The van der Waals surface area contributed by atoms with Gasteiger partial charge in [0.25, 0.3) is 5.91 Å². The zero-order valence-corrected chi connectivity index (χ0v) is 16.2. The van der Waals surface area contributed by atoms with Crippen molar-refractivity contribution in [3.63, 3.8) is 0 Å². The number of hydrogen-bond donors (Lipinski definition) is 1. The van der Waals surface area contributed by atoms with Crippen LogP contribution in [0.3, 0.4) is 0 Å². The summed E-state index contributed by atoms with van der Waals surface area (Å²) in [7, 11) is -3.61. The van der Waals surface area contributed by atoms with E-state index in [4.69, 9.17) is 4.74 Å². The van der Waals surface area contributed by atoms with E-state index in [1.54, 1.807) is 6.07 Å². The van der Waals surface area contributed by atoms with Gasteiger partial charge in [-0.25, -0.2) is 13.2 Å². The average molecular weight is 397 g/mol. The van der Waals surface area contributed by atoms with Gasteiger partial charge < -0.3 is 10.1 Å². The van der Waals surface area contributed by atoms with E-state index in [1.165, 1.54) is 31.2 Å². The fourth-order valence-corrected chi connectivity index (χ4v) is 3.62. The summed E-state index contributed by atoms with van der Waals surface area (Å²) in [5.41, 5.74) is 0.471. The van der Waals surface area contributed by atoms with E-state index in [1.807, 2.05) is 36.4 Å². The van der Waals surface area contributed by atoms with E-state index in [0.29, 0.717) is 5.69 Å². The van der Waals surface area contributed by atoms with Crippen molar-refractivity contribution < 1.29 is 22.7 Å². The molecule has 0 bridgehead atoms. The summed E-state index contributed by atoms with van der Waals surface area (Å²) in [6.45, 7) is 1.43. The fraction of sp³-hybridized carbons (Fsp3) is 0.143. The van der Waals surface area contributed by atoms with Gasteiger partial charge in [-0.1, -0.05) is 42.5 Å². The number of esters is 1. The fourth-order valence-electron chi connectivity index (χ4n) is 2.75. The number of carbonyl (C=O) groups is 2. The van der Waals surface area contributed by atoms with Gasteiger partial charge in [0.05, 0.1) is 10.5 Å². The van der Waals surface area contributed by atoms with Crippen LogP contribution in [0.5, 0.6) is 0 Å². The number of rotatable bonds is 5. The Balaban J connectivity index is 1.73. The molecule has 0 aliphatic carbocycles. The molecule has 6 nitrogen and oxygen atoms in total. The van der Waals surface area contributed by atoms with Gasteiger partial charge in [0.2, 0.25) is 0 Å². The highest BCUT2D eigenvalue weighted by atomic mass is 32.2. The molecular formula is C21H19NO5S. The lowest BCUT2D eigenvalue weighted by Crippen LogP contribution is -2.30. The summed E-state index contributed by atoms with van der Waals surface area (Å²) in [4.78, 5) is 24.6. The highest BCUT2D eigenvalue weighted by Crippen LogP contribution is 2.20. The standard InChI is InChI=1S/C21H19NO5S/c1-14(27-21(24)18-9-5-6-10-19(18)28(2,25)26)20(23)22-17-12-11-15-7-3-4-8-16(15)13-17/h3-14H,1-2H3,(H,22,23)/t14-/m0/s1. The summed E-state index contributed by atoms with van der Waals surface area (Å²) >= 11 is 0. The van der Waals surface area contributed by atoms with Crippen LogP contribution in [0, 0.1) is 0 Å². The van der Waals surface area contributed by atoms with Gasteiger partial charge in [-0.3, -0.25) is 4.79 Å². The van der Waals surface area contributed by atoms with Crippen LogP contribution < -0.4 is 5.32 Å². The molecule has 0 saturated heterocycles. The van der Waals surface area contributed by atoms with Crippen LogP contribution in [0.4, 0.5) is 5.69 Å². The third-order valence-electron chi connectivity index (χ3n) is 4.18. The summed E-state index contributed by atoms with van der Waals surface area (Å²) in [5, 5.41) is 4.71. The number of carbonyl (C=O) groups excluding carboxylic acids is 2. The Bertz CT molecular complexity index is 1150. The van der Waals surface area contributed by atoms with Gasteiger partial charge in [-0.05, 0) is 42.0 Å². The van der Waals surface area contributed by atoms with E-state index in [9.17, 15) is 18.0 Å². The third kappa shape index (κ3) is 4.37. The van der Waals surface area contributed by atoms with Gasteiger partial charge in [-0.15, -0.1) is 0 Å². The highest BCUT2D eigenvalue weighted by Gasteiger charge is 2.23. The molecule has 0 heterocycles. The number of fused-ring (bicyclic) bond motifs is 1. The second-order valence-electron chi connectivity index (χ2n) is 6.37. The molecule has 1 atom stereocenters. The van der Waals surface area contributed by atoms with Crippen LogP contribution in [0.1, 0.15) is 17.3 Å². The molecule has 0 aromatic heterocycles. The third-order valence-corrected chi connectivity index (χ3v) is 5.33. The van der Waals surface area contributed by atoms with Crippen molar-refractivity contribution in [3.8, 4) is 0 Å². The number of nitrogens with one attached hydrogen (secondary N) is 1. The van der Waals surface area contributed by atoms with Gasteiger partial charge in [-0.2, -0.15) is 0 Å². The average Bonchev–Trinajstić information content (AvgIpc) is 2.67. The highest BCUT2D eigenvalue weighted by molar-refractivity contribution is 7.90. The maximum Gasteiger partial charge on any atom is 0.340 e. The minimum Gasteiger partial charge on any atom is -0.449 e. The minimum atomic E-state index is -3.61.